The normalized spacial score (nSPS) is 12.4. The number of aliphatic hydroxyl groups is 1. The summed E-state index contributed by atoms with van der Waals surface area (Å²) in [7, 11) is -3.33. The Bertz CT molecular complexity index is 947. The molecule has 27 heavy (non-hydrogen) atoms. The van der Waals surface area contributed by atoms with Crippen molar-refractivity contribution >= 4 is 37.3 Å². The van der Waals surface area contributed by atoms with Crippen LogP contribution in [-0.4, -0.2) is 32.4 Å². The third-order valence-electron chi connectivity index (χ3n) is 3.82. The molecule has 2 aromatic rings. The number of halogens is 1. The third-order valence-corrected chi connectivity index (χ3v) is 5.44. The average molecular weight is 452 g/mol. The lowest BCUT2D eigenvalue weighted by Crippen LogP contribution is -2.11. The Morgan fingerprint density at radius 2 is 1.81 bits per heavy atom. The van der Waals surface area contributed by atoms with Crippen LogP contribution >= 0.6 is 15.9 Å². The molecule has 2 aromatic carbocycles. The van der Waals surface area contributed by atoms with Gasteiger partial charge in [0.25, 0.3) is 0 Å². The van der Waals surface area contributed by atoms with Crippen LogP contribution in [0.15, 0.2) is 63.5 Å². The molecule has 0 fully saturated rings. The second kappa shape index (κ2) is 9.30. The van der Waals surface area contributed by atoms with Crippen molar-refractivity contribution in [3.8, 4) is 0 Å². The lowest BCUT2D eigenvalue weighted by atomic mass is 9.91. The number of hydrogen-bond acceptors (Lipinski definition) is 5. The first kappa shape index (κ1) is 21.3. The van der Waals surface area contributed by atoms with E-state index >= 15 is 0 Å². The first-order valence-electron chi connectivity index (χ1n) is 8.17. The minimum Gasteiger partial charge on any atom is -0.455 e. The highest BCUT2D eigenvalue weighted by Crippen LogP contribution is 2.31. The number of sulfone groups is 1. The molecule has 0 aromatic heterocycles. The Labute approximate surface area is 167 Å². The van der Waals surface area contributed by atoms with Gasteiger partial charge in [-0.05, 0) is 47.9 Å². The monoisotopic (exact) mass is 451 g/mol. The fourth-order valence-corrected chi connectivity index (χ4v) is 3.68. The fourth-order valence-electron chi connectivity index (χ4n) is 2.65. The van der Waals surface area contributed by atoms with Gasteiger partial charge in [0.2, 0.25) is 0 Å². The summed E-state index contributed by atoms with van der Waals surface area (Å²) in [6.07, 6.45) is 1.24. The molecule has 0 unspecified atom stereocenters. The van der Waals surface area contributed by atoms with Crippen LogP contribution < -0.4 is 0 Å². The Morgan fingerprint density at radius 3 is 2.33 bits per heavy atom. The van der Waals surface area contributed by atoms with Gasteiger partial charge < -0.3 is 9.84 Å². The summed E-state index contributed by atoms with van der Waals surface area (Å²) in [5.74, 6) is -0.561. The highest BCUT2D eigenvalue weighted by molar-refractivity contribution is 9.10. The number of esters is 1. The van der Waals surface area contributed by atoms with Gasteiger partial charge in [-0.25, -0.2) is 13.2 Å². The van der Waals surface area contributed by atoms with E-state index in [1.165, 1.54) is 18.7 Å². The molecule has 1 N–H and O–H groups in total. The molecule has 0 saturated carbocycles. The standard InChI is InChI=1S/C20H20BrO5S/c1-3-26-20(23)18(11-12-22)19(15-5-4-6-16(21)13-15)14-7-9-17(10-8-14)27(2,24)25/h3-10,13,22H,11-12H2,1-2H3. The lowest BCUT2D eigenvalue weighted by Gasteiger charge is -2.16. The Morgan fingerprint density at radius 1 is 1.15 bits per heavy atom. The number of benzene rings is 2. The number of rotatable bonds is 7. The second-order valence-corrected chi connectivity index (χ2v) is 8.71. The van der Waals surface area contributed by atoms with Gasteiger partial charge in [-0.2, -0.15) is 0 Å². The maximum Gasteiger partial charge on any atom is 0.335 e. The van der Waals surface area contributed by atoms with Crippen LogP contribution in [0.25, 0.3) is 5.57 Å². The van der Waals surface area contributed by atoms with Crippen LogP contribution in [-0.2, 0) is 19.4 Å². The Hall–Kier alpha value is -1.96. The van der Waals surface area contributed by atoms with E-state index in [1.54, 1.807) is 19.1 Å². The minimum atomic E-state index is -3.33. The zero-order valence-corrected chi connectivity index (χ0v) is 17.4. The zero-order valence-electron chi connectivity index (χ0n) is 15.0. The van der Waals surface area contributed by atoms with Crippen molar-refractivity contribution in [3.63, 3.8) is 0 Å². The molecule has 0 bridgehead atoms. The average Bonchev–Trinajstić information content (AvgIpc) is 2.61. The number of carbonyl (C=O) groups excluding carboxylic acids is 1. The van der Waals surface area contributed by atoms with E-state index < -0.39 is 15.8 Å². The van der Waals surface area contributed by atoms with Crippen molar-refractivity contribution in [2.75, 3.05) is 12.9 Å². The van der Waals surface area contributed by atoms with Crippen molar-refractivity contribution in [3.05, 3.63) is 76.3 Å². The SMILES string of the molecule is C[CH]OC(=O)C(CCO)=C(c1ccc(S(C)(=O)=O)cc1)c1cccc(Br)c1. The van der Waals surface area contributed by atoms with Crippen molar-refractivity contribution < 1.29 is 23.1 Å². The van der Waals surface area contributed by atoms with Crippen LogP contribution in [0.4, 0.5) is 0 Å². The molecule has 143 valence electrons. The summed E-state index contributed by atoms with van der Waals surface area (Å²) in [5.41, 5.74) is 2.28. The van der Waals surface area contributed by atoms with Gasteiger partial charge in [-0.15, -0.1) is 0 Å². The second-order valence-electron chi connectivity index (χ2n) is 5.78. The molecule has 7 heteroatoms. The summed E-state index contributed by atoms with van der Waals surface area (Å²) < 4.78 is 29.3. The van der Waals surface area contributed by atoms with Gasteiger partial charge in [-0.1, -0.05) is 40.2 Å². The molecule has 0 amide bonds. The molecule has 2 rings (SSSR count). The molecule has 0 aliphatic heterocycles. The minimum absolute atomic E-state index is 0.0996. The third kappa shape index (κ3) is 5.51. The van der Waals surface area contributed by atoms with Crippen molar-refractivity contribution in [1.29, 1.82) is 0 Å². The molecule has 0 aliphatic rings. The van der Waals surface area contributed by atoms with Crippen molar-refractivity contribution in [1.82, 2.24) is 0 Å². The summed E-state index contributed by atoms with van der Waals surface area (Å²) in [6.45, 7) is 2.65. The van der Waals surface area contributed by atoms with Crippen molar-refractivity contribution in [2.24, 2.45) is 0 Å². The number of carbonyl (C=O) groups is 1. The molecule has 1 radical (unpaired) electrons. The van der Waals surface area contributed by atoms with Gasteiger partial charge in [0.05, 0.1) is 4.90 Å². The van der Waals surface area contributed by atoms with E-state index in [4.69, 9.17) is 4.74 Å². The van der Waals surface area contributed by atoms with Crippen LogP contribution in [0.2, 0.25) is 0 Å². The molecule has 5 nitrogen and oxygen atoms in total. The quantitative estimate of drug-likeness (QED) is 0.511. The van der Waals surface area contributed by atoms with E-state index in [1.807, 2.05) is 24.3 Å². The molecular formula is C20H20BrO5S. The first-order chi connectivity index (χ1) is 12.8. The van der Waals surface area contributed by atoms with E-state index in [0.717, 1.165) is 16.3 Å². The summed E-state index contributed by atoms with van der Waals surface area (Å²) in [4.78, 5) is 12.7. The maximum atomic E-state index is 12.5. The molecular weight excluding hydrogens is 432 g/mol. The summed E-state index contributed by atoms with van der Waals surface area (Å²) >= 11 is 3.42. The number of ether oxygens (including phenoxy) is 1. The van der Waals surface area contributed by atoms with E-state index in [-0.39, 0.29) is 17.9 Å². The highest BCUT2D eigenvalue weighted by Gasteiger charge is 2.20. The van der Waals surface area contributed by atoms with Gasteiger partial charge >= 0.3 is 5.97 Å². The van der Waals surface area contributed by atoms with Crippen LogP contribution in [0.1, 0.15) is 24.5 Å². The predicted molar refractivity (Wildman–Crippen MR) is 107 cm³/mol. The molecule has 0 atom stereocenters. The summed E-state index contributed by atoms with van der Waals surface area (Å²) in [5, 5.41) is 9.46. The molecule has 0 aliphatic carbocycles. The first-order valence-corrected chi connectivity index (χ1v) is 10.9. The maximum absolute atomic E-state index is 12.5. The fraction of sp³-hybridized carbons (Fsp3) is 0.200. The predicted octanol–water partition coefficient (Wildman–Crippen LogP) is 3.76. The van der Waals surface area contributed by atoms with Crippen LogP contribution in [0.5, 0.6) is 0 Å². The van der Waals surface area contributed by atoms with Crippen LogP contribution in [0.3, 0.4) is 0 Å². The van der Waals surface area contributed by atoms with E-state index in [2.05, 4.69) is 15.9 Å². The van der Waals surface area contributed by atoms with Crippen LogP contribution in [0, 0.1) is 6.61 Å². The number of aliphatic hydroxyl groups excluding tert-OH is 1. The van der Waals surface area contributed by atoms with E-state index in [9.17, 15) is 18.3 Å². The van der Waals surface area contributed by atoms with E-state index in [0.29, 0.717) is 16.7 Å². The van der Waals surface area contributed by atoms with Gasteiger partial charge in [0.1, 0.15) is 6.61 Å². The Balaban J connectivity index is 2.72. The highest BCUT2D eigenvalue weighted by atomic mass is 79.9. The molecule has 0 spiro atoms. The Kier molecular flexibility index (Phi) is 7.35. The van der Waals surface area contributed by atoms with Gasteiger partial charge in [-0.3, -0.25) is 0 Å². The smallest absolute Gasteiger partial charge is 0.335 e. The molecule has 0 saturated heterocycles. The zero-order chi connectivity index (χ0) is 20.0. The topological polar surface area (TPSA) is 80.7 Å². The number of hydrogen-bond donors (Lipinski definition) is 1. The molecule has 0 heterocycles. The summed E-state index contributed by atoms with van der Waals surface area (Å²) in [6, 6.07) is 13.7. The van der Waals surface area contributed by atoms with Crippen molar-refractivity contribution in [2.45, 2.75) is 18.2 Å². The van der Waals surface area contributed by atoms with Gasteiger partial charge in [0, 0.05) is 29.3 Å². The largest absolute Gasteiger partial charge is 0.455 e. The lowest BCUT2D eigenvalue weighted by molar-refractivity contribution is -0.135. The van der Waals surface area contributed by atoms with Gasteiger partial charge in [0.15, 0.2) is 9.84 Å².